The number of para-hydroxylation sites is 1. The van der Waals surface area contributed by atoms with E-state index in [4.69, 9.17) is 0 Å². The van der Waals surface area contributed by atoms with Crippen LogP contribution in [0.25, 0.3) is 44.3 Å². The van der Waals surface area contributed by atoms with Gasteiger partial charge in [-0.2, -0.15) is 5.10 Å². The van der Waals surface area contributed by atoms with E-state index in [0.29, 0.717) is 5.56 Å². The van der Waals surface area contributed by atoms with Crippen molar-refractivity contribution in [2.24, 2.45) is 0 Å². The van der Waals surface area contributed by atoms with Crippen LogP contribution in [-0.2, 0) is 6.54 Å². The van der Waals surface area contributed by atoms with E-state index in [-0.39, 0.29) is 5.82 Å². The number of pyridine rings is 1. The van der Waals surface area contributed by atoms with E-state index in [1.807, 2.05) is 47.9 Å². The SMILES string of the molecule is CCn1cnc2c(-c3ccc(F)c(-c4cccc5cccnc45)c3)cnnc21. The molecule has 0 spiro atoms. The number of aromatic nitrogens is 5. The number of benzene rings is 2. The van der Waals surface area contributed by atoms with Crippen LogP contribution in [0, 0.1) is 5.82 Å². The molecule has 28 heavy (non-hydrogen) atoms. The Morgan fingerprint density at radius 3 is 2.71 bits per heavy atom. The van der Waals surface area contributed by atoms with Crippen molar-refractivity contribution in [2.75, 3.05) is 0 Å². The summed E-state index contributed by atoms with van der Waals surface area (Å²) >= 11 is 0. The lowest BCUT2D eigenvalue weighted by Crippen LogP contribution is -1.96. The van der Waals surface area contributed by atoms with Gasteiger partial charge in [0.25, 0.3) is 0 Å². The zero-order valence-corrected chi connectivity index (χ0v) is 15.2. The van der Waals surface area contributed by atoms with Gasteiger partial charge in [0.2, 0.25) is 0 Å². The third kappa shape index (κ3) is 2.53. The zero-order valence-electron chi connectivity index (χ0n) is 15.2. The van der Waals surface area contributed by atoms with Gasteiger partial charge in [-0.25, -0.2) is 9.37 Å². The van der Waals surface area contributed by atoms with Gasteiger partial charge in [0.1, 0.15) is 11.3 Å². The predicted octanol–water partition coefficient (Wildman–Crippen LogP) is 4.87. The van der Waals surface area contributed by atoms with Gasteiger partial charge in [-0.05, 0) is 30.7 Å². The number of hydrogen-bond donors (Lipinski definition) is 0. The summed E-state index contributed by atoms with van der Waals surface area (Å²) < 4.78 is 16.7. The normalized spacial score (nSPS) is 11.4. The summed E-state index contributed by atoms with van der Waals surface area (Å²) in [6.07, 6.45) is 5.15. The highest BCUT2D eigenvalue weighted by atomic mass is 19.1. The Morgan fingerprint density at radius 1 is 0.929 bits per heavy atom. The van der Waals surface area contributed by atoms with Crippen LogP contribution < -0.4 is 0 Å². The molecule has 5 aromatic rings. The lowest BCUT2D eigenvalue weighted by Gasteiger charge is -2.10. The average Bonchev–Trinajstić information content (AvgIpc) is 3.17. The van der Waals surface area contributed by atoms with Crippen molar-refractivity contribution >= 4 is 22.1 Å². The maximum absolute atomic E-state index is 14.8. The number of hydrogen-bond acceptors (Lipinski definition) is 4. The first-order valence-electron chi connectivity index (χ1n) is 9.07. The fourth-order valence-corrected chi connectivity index (χ4v) is 3.54. The molecule has 2 aromatic carbocycles. The van der Waals surface area contributed by atoms with E-state index in [2.05, 4.69) is 20.2 Å². The lowest BCUT2D eigenvalue weighted by atomic mass is 9.97. The summed E-state index contributed by atoms with van der Waals surface area (Å²) in [5.74, 6) is -0.292. The number of nitrogens with zero attached hydrogens (tertiary/aromatic N) is 5. The van der Waals surface area contributed by atoms with Crippen molar-refractivity contribution in [1.29, 1.82) is 0 Å². The molecule has 0 aliphatic carbocycles. The van der Waals surface area contributed by atoms with Gasteiger partial charge in [0.05, 0.1) is 18.0 Å². The average molecular weight is 369 g/mol. The Hall–Kier alpha value is -3.67. The van der Waals surface area contributed by atoms with Crippen molar-refractivity contribution in [3.05, 3.63) is 73.1 Å². The third-order valence-corrected chi connectivity index (χ3v) is 4.95. The Labute approximate surface area is 160 Å². The van der Waals surface area contributed by atoms with E-state index in [0.717, 1.165) is 45.3 Å². The summed E-state index contributed by atoms with van der Waals surface area (Å²) in [6, 6.07) is 14.7. The van der Waals surface area contributed by atoms with Gasteiger partial charge in [0, 0.05) is 34.8 Å². The highest BCUT2D eigenvalue weighted by Crippen LogP contribution is 2.34. The Balaban J connectivity index is 1.74. The highest BCUT2D eigenvalue weighted by molar-refractivity contribution is 5.96. The molecule has 0 aliphatic heterocycles. The molecule has 5 nitrogen and oxygen atoms in total. The van der Waals surface area contributed by atoms with Gasteiger partial charge in [-0.1, -0.05) is 30.3 Å². The molecular formula is C22H16FN5. The van der Waals surface area contributed by atoms with E-state index >= 15 is 0 Å². The molecule has 0 saturated carbocycles. The maximum Gasteiger partial charge on any atom is 0.183 e. The topological polar surface area (TPSA) is 56.5 Å². The molecule has 6 heteroatoms. The summed E-state index contributed by atoms with van der Waals surface area (Å²) in [5, 5.41) is 9.30. The molecule has 3 aromatic heterocycles. The third-order valence-electron chi connectivity index (χ3n) is 4.95. The molecule has 0 N–H and O–H groups in total. The minimum atomic E-state index is -0.292. The van der Waals surface area contributed by atoms with Crippen molar-refractivity contribution in [3.8, 4) is 22.3 Å². The largest absolute Gasteiger partial charge is 0.314 e. The minimum absolute atomic E-state index is 0.292. The summed E-state index contributed by atoms with van der Waals surface area (Å²) in [4.78, 5) is 8.96. The molecule has 0 unspecified atom stereocenters. The second-order valence-corrected chi connectivity index (χ2v) is 6.54. The first-order valence-corrected chi connectivity index (χ1v) is 9.07. The summed E-state index contributed by atoms with van der Waals surface area (Å²) in [7, 11) is 0. The van der Waals surface area contributed by atoms with Crippen molar-refractivity contribution in [3.63, 3.8) is 0 Å². The van der Waals surface area contributed by atoms with Crippen molar-refractivity contribution < 1.29 is 4.39 Å². The highest BCUT2D eigenvalue weighted by Gasteiger charge is 2.15. The fourth-order valence-electron chi connectivity index (χ4n) is 3.54. The van der Waals surface area contributed by atoms with Gasteiger partial charge in [-0.3, -0.25) is 4.98 Å². The second kappa shape index (κ2) is 6.49. The Morgan fingerprint density at radius 2 is 1.82 bits per heavy atom. The van der Waals surface area contributed by atoms with Gasteiger partial charge >= 0.3 is 0 Å². The van der Waals surface area contributed by atoms with Crippen LogP contribution >= 0.6 is 0 Å². The van der Waals surface area contributed by atoms with Crippen molar-refractivity contribution in [2.45, 2.75) is 13.5 Å². The van der Waals surface area contributed by atoms with Crippen LogP contribution in [0.1, 0.15) is 6.92 Å². The predicted molar refractivity (Wildman–Crippen MR) is 107 cm³/mol. The van der Waals surface area contributed by atoms with E-state index < -0.39 is 0 Å². The van der Waals surface area contributed by atoms with Crippen LogP contribution in [0.4, 0.5) is 4.39 Å². The molecule has 0 fully saturated rings. The lowest BCUT2D eigenvalue weighted by molar-refractivity contribution is 0.631. The second-order valence-electron chi connectivity index (χ2n) is 6.54. The Kier molecular flexibility index (Phi) is 3.83. The van der Waals surface area contributed by atoms with Gasteiger partial charge < -0.3 is 4.57 Å². The Bertz CT molecular complexity index is 1320. The smallest absolute Gasteiger partial charge is 0.183 e. The van der Waals surface area contributed by atoms with Crippen LogP contribution in [-0.4, -0.2) is 24.7 Å². The first kappa shape index (κ1) is 16.5. The van der Waals surface area contributed by atoms with Gasteiger partial charge in [-0.15, -0.1) is 5.10 Å². The molecule has 0 bridgehead atoms. The van der Waals surface area contributed by atoms with E-state index in [1.165, 1.54) is 6.07 Å². The molecule has 0 radical (unpaired) electrons. The molecule has 0 saturated heterocycles. The fraction of sp³-hybridized carbons (Fsp3) is 0.0909. The molecule has 0 aliphatic rings. The number of aryl methyl sites for hydroxylation is 1. The molecule has 3 heterocycles. The maximum atomic E-state index is 14.8. The van der Waals surface area contributed by atoms with Crippen molar-refractivity contribution in [1.82, 2.24) is 24.7 Å². The first-order chi connectivity index (χ1) is 13.8. The summed E-state index contributed by atoms with van der Waals surface area (Å²) in [6.45, 7) is 2.78. The van der Waals surface area contributed by atoms with E-state index in [1.54, 1.807) is 24.8 Å². The van der Waals surface area contributed by atoms with E-state index in [9.17, 15) is 4.39 Å². The van der Waals surface area contributed by atoms with Crippen LogP contribution in [0.5, 0.6) is 0 Å². The molecular weight excluding hydrogens is 353 g/mol. The van der Waals surface area contributed by atoms with Gasteiger partial charge in [0.15, 0.2) is 5.65 Å². The molecule has 136 valence electrons. The molecule has 0 atom stereocenters. The zero-order chi connectivity index (χ0) is 19.1. The standard InChI is InChI=1S/C22H16FN5/c1-2-28-13-25-21-18(12-26-27-22(21)28)15-8-9-19(23)17(11-15)16-7-3-5-14-6-4-10-24-20(14)16/h3-13H,2H2,1H3. The molecule has 0 amide bonds. The number of halogens is 1. The molecule has 5 rings (SSSR count). The van der Waals surface area contributed by atoms with Crippen LogP contribution in [0.3, 0.4) is 0 Å². The van der Waals surface area contributed by atoms with Crippen LogP contribution in [0.15, 0.2) is 67.3 Å². The number of rotatable bonds is 3. The quantitative estimate of drug-likeness (QED) is 0.455. The van der Waals surface area contributed by atoms with Crippen LogP contribution in [0.2, 0.25) is 0 Å². The number of imidazole rings is 1. The minimum Gasteiger partial charge on any atom is -0.314 e. The summed E-state index contributed by atoms with van der Waals surface area (Å²) in [5.41, 5.74) is 5.17. The monoisotopic (exact) mass is 369 g/mol. The number of fused-ring (bicyclic) bond motifs is 2.